The Morgan fingerprint density at radius 2 is 1.68 bits per heavy atom. The smallest absolute Gasteiger partial charge is 0.338 e. The number of aromatic carboxylic acids is 1. The average Bonchev–Trinajstić information content (AvgIpc) is 2.91. The van der Waals surface area contributed by atoms with Crippen molar-refractivity contribution in [2.45, 2.75) is 13.0 Å². The Morgan fingerprint density at radius 3 is 2.29 bits per heavy atom. The number of nitrogens with one attached hydrogen (secondary N) is 1. The molecule has 0 bridgehead atoms. The first kappa shape index (κ1) is 26.3. The fraction of sp³-hybridized carbons (Fsp3) is 0.154. The van der Waals surface area contributed by atoms with Crippen LogP contribution in [0.3, 0.4) is 0 Å². The van der Waals surface area contributed by atoms with Crippen molar-refractivity contribution in [1.29, 1.82) is 0 Å². The number of pyridine rings is 1. The third-order valence-corrected chi connectivity index (χ3v) is 5.31. The van der Waals surface area contributed by atoms with Crippen molar-refractivity contribution in [3.63, 3.8) is 0 Å². The van der Waals surface area contributed by atoms with Gasteiger partial charge in [-0.3, -0.25) is 0 Å². The molecule has 0 aliphatic rings. The van der Waals surface area contributed by atoms with Gasteiger partial charge in [0.2, 0.25) is 0 Å². The summed E-state index contributed by atoms with van der Waals surface area (Å²) in [7, 11) is 1.54. The van der Waals surface area contributed by atoms with Gasteiger partial charge in [-0.05, 0) is 48.0 Å². The molecule has 4 aromatic rings. The van der Waals surface area contributed by atoms with E-state index in [-0.39, 0.29) is 29.5 Å². The summed E-state index contributed by atoms with van der Waals surface area (Å²) in [6.45, 7) is -0.576. The molecule has 0 amide bonds. The van der Waals surface area contributed by atoms with Crippen molar-refractivity contribution in [3.05, 3.63) is 83.7 Å². The minimum Gasteiger partial charge on any atom is -0.497 e. The van der Waals surface area contributed by atoms with Gasteiger partial charge in [0.15, 0.2) is 11.6 Å². The number of carbonyl (C=O) groups is 1. The zero-order chi connectivity index (χ0) is 27.2. The van der Waals surface area contributed by atoms with Gasteiger partial charge >= 0.3 is 5.97 Å². The van der Waals surface area contributed by atoms with Gasteiger partial charge in [-0.1, -0.05) is 12.1 Å². The van der Waals surface area contributed by atoms with Gasteiger partial charge in [-0.25, -0.2) is 32.9 Å². The maximum Gasteiger partial charge on any atom is 0.338 e. The predicted octanol–water partition coefficient (Wildman–Crippen LogP) is 5.45. The molecular formula is C26H20F4N4O4. The molecule has 0 radical (unpaired) electrons. The lowest BCUT2D eigenvalue weighted by atomic mass is 10.1. The quantitative estimate of drug-likeness (QED) is 0.262. The van der Waals surface area contributed by atoms with Crippen LogP contribution in [0.4, 0.5) is 23.4 Å². The number of nitrogens with zero attached hydrogens (tertiary/aromatic N) is 3. The van der Waals surface area contributed by atoms with Crippen molar-refractivity contribution in [3.8, 4) is 34.1 Å². The largest absolute Gasteiger partial charge is 0.497 e. The highest BCUT2D eigenvalue weighted by Gasteiger charge is 2.22. The molecule has 0 aliphatic carbocycles. The summed E-state index contributed by atoms with van der Waals surface area (Å²) in [5.74, 6) is -3.21. The van der Waals surface area contributed by atoms with Crippen molar-refractivity contribution in [2.24, 2.45) is 0 Å². The van der Waals surface area contributed by atoms with Crippen LogP contribution in [0.1, 0.15) is 15.9 Å². The molecule has 12 heteroatoms. The minimum atomic E-state index is -2.65. The number of anilines is 1. The Morgan fingerprint density at radius 1 is 1.00 bits per heavy atom. The molecular weight excluding hydrogens is 508 g/mol. The van der Waals surface area contributed by atoms with E-state index in [0.717, 1.165) is 17.8 Å². The molecule has 0 fully saturated rings. The van der Waals surface area contributed by atoms with Crippen molar-refractivity contribution < 1.29 is 36.9 Å². The first-order chi connectivity index (χ1) is 18.2. The minimum absolute atomic E-state index is 0.0307. The molecule has 0 unspecified atom stereocenters. The second kappa shape index (κ2) is 11.5. The highest BCUT2D eigenvalue weighted by atomic mass is 19.3. The van der Waals surface area contributed by atoms with Crippen LogP contribution in [0.15, 0.2) is 60.8 Å². The summed E-state index contributed by atoms with van der Waals surface area (Å²) >= 11 is 0. The molecule has 2 heterocycles. The lowest BCUT2D eigenvalue weighted by molar-refractivity contribution is 0.0691. The van der Waals surface area contributed by atoms with Crippen LogP contribution < -0.4 is 14.8 Å². The van der Waals surface area contributed by atoms with Crippen molar-refractivity contribution in [1.82, 2.24) is 15.0 Å². The van der Waals surface area contributed by atoms with Crippen LogP contribution in [0.25, 0.3) is 22.6 Å². The zero-order valence-electron chi connectivity index (χ0n) is 19.8. The first-order valence-electron chi connectivity index (χ1n) is 11.1. The van der Waals surface area contributed by atoms with E-state index in [1.807, 2.05) is 0 Å². The second-order valence-electron chi connectivity index (χ2n) is 7.85. The molecule has 0 spiro atoms. The zero-order valence-corrected chi connectivity index (χ0v) is 19.8. The highest BCUT2D eigenvalue weighted by Crippen LogP contribution is 2.29. The van der Waals surface area contributed by atoms with Gasteiger partial charge in [0, 0.05) is 12.1 Å². The van der Waals surface area contributed by atoms with E-state index in [1.54, 1.807) is 24.3 Å². The van der Waals surface area contributed by atoms with E-state index < -0.39 is 42.0 Å². The molecule has 196 valence electrons. The van der Waals surface area contributed by atoms with Crippen LogP contribution in [0, 0.1) is 11.8 Å². The van der Waals surface area contributed by atoms with Gasteiger partial charge < -0.3 is 19.9 Å². The number of ether oxygens (including phenoxy) is 2. The normalized spacial score (nSPS) is 10.9. The summed E-state index contributed by atoms with van der Waals surface area (Å²) in [5.41, 5.74) is -0.380. The highest BCUT2D eigenvalue weighted by molar-refractivity contribution is 5.91. The molecule has 2 aromatic heterocycles. The van der Waals surface area contributed by atoms with E-state index in [2.05, 4.69) is 20.3 Å². The lowest BCUT2D eigenvalue weighted by Crippen LogP contribution is -2.09. The van der Waals surface area contributed by atoms with Crippen LogP contribution in [0.2, 0.25) is 0 Å². The molecule has 2 aromatic carbocycles. The standard InChI is InChI=1S/C26H20F4N4O4/c1-37-16-6-2-14(3-7-16)11-31-25-24(30)34-20(12-32-25)23-22(29)18(26(35)36)10-19(33-23)15-4-8-17(9-5-15)38-13-21(27)28/h2-10,12,21H,11,13H2,1H3,(H,31,32)(H,35,36). The van der Waals surface area contributed by atoms with Crippen LogP contribution in [-0.2, 0) is 6.54 Å². The molecule has 8 nitrogen and oxygen atoms in total. The Bertz CT molecular complexity index is 1430. The number of alkyl halides is 2. The number of carboxylic acids is 1. The number of rotatable bonds is 10. The number of benzene rings is 2. The SMILES string of the molecule is COc1ccc(CNc2ncc(-c3nc(-c4ccc(OCC(F)F)cc4)cc(C(=O)O)c3F)nc2F)cc1. The van der Waals surface area contributed by atoms with Gasteiger partial charge in [-0.2, -0.15) is 4.39 Å². The summed E-state index contributed by atoms with van der Waals surface area (Å²) in [5, 5.41) is 12.3. The maximum absolute atomic E-state index is 15.1. The Labute approximate surface area is 213 Å². The number of hydrogen-bond donors (Lipinski definition) is 2. The molecule has 2 N–H and O–H groups in total. The molecule has 0 saturated carbocycles. The maximum atomic E-state index is 15.1. The van der Waals surface area contributed by atoms with E-state index in [4.69, 9.17) is 9.47 Å². The van der Waals surface area contributed by atoms with Gasteiger partial charge in [0.25, 0.3) is 12.4 Å². The Hall–Kier alpha value is -4.74. The fourth-order valence-corrected chi connectivity index (χ4v) is 3.41. The van der Waals surface area contributed by atoms with Gasteiger partial charge in [0.05, 0.1) is 24.6 Å². The topological polar surface area (TPSA) is 106 Å². The van der Waals surface area contributed by atoms with Crippen LogP contribution >= 0.6 is 0 Å². The van der Waals surface area contributed by atoms with Crippen molar-refractivity contribution in [2.75, 3.05) is 19.0 Å². The van der Waals surface area contributed by atoms with E-state index >= 15 is 4.39 Å². The summed E-state index contributed by atoms with van der Waals surface area (Å²) < 4.78 is 64.5. The number of hydrogen-bond acceptors (Lipinski definition) is 7. The summed E-state index contributed by atoms with van der Waals surface area (Å²) in [4.78, 5) is 23.5. The van der Waals surface area contributed by atoms with E-state index in [9.17, 15) is 23.1 Å². The third-order valence-electron chi connectivity index (χ3n) is 5.31. The summed E-state index contributed by atoms with van der Waals surface area (Å²) in [6.07, 6.45) is -1.58. The lowest BCUT2D eigenvalue weighted by Gasteiger charge is -2.11. The molecule has 4 rings (SSSR count). The molecule has 0 atom stereocenters. The number of carboxylic acid groups (broad SMARTS) is 1. The Balaban J connectivity index is 1.61. The van der Waals surface area contributed by atoms with E-state index in [0.29, 0.717) is 11.3 Å². The first-order valence-corrected chi connectivity index (χ1v) is 11.1. The molecule has 0 saturated heterocycles. The average molecular weight is 528 g/mol. The predicted molar refractivity (Wildman–Crippen MR) is 129 cm³/mol. The van der Waals surface area contributed by atoms with Crippen LogP contribution in [0.5, 0.6) is 11.5 Å². The van der Waals surface area contributed by atoms with Crippen LogP contribution in [-0.4, -0.2) is 46.2 Å². The molecule has 38 heavy (non-hydrogen) atoms. The third kappa shape index (κ3) is 6.14. The number of methoxy groups -OCH3 is 1. The van der Waals surface area contributed by atoms with Crippen molar-refractivity contribution >= 4 is 11.8 Å². The second-order valence-corrected chi connectivity index (χ2v) is 7.85. The van der Waals surface area contributed by atoms with E-state index in [1.165, 1.54) is 31.4 Å². The van der Waals surface area contributed by atoms with Gasteiger partial charge in [0.1, 0.15) is 29.5 Å². The fourth-order valence-electron chi connectivity index (χ4n) is 3.41. The Kier molecular flexibility index (Phi) is 8.00. The molecule has 0 aliphatic heterocycles. The number of halogens is 4. The monoisotopic (exact) mass is 528 g/mol. The summed E-state index contributed by atoms with van der Waals surface area (Å²) in [6, 6.07) is 13.7. The number of aromatic nitrogens is 3. The van der Waals surface area contributed by atoms with Gasteiger partial charge in [-0.15, -0.1) is 0 Å².